The molecule has 0 aliphatic rings. The first-order chi connectivity index (χ1) is 12.8. The van der Waals surface area contributed by atoms with Crippen molar-refractivity contribution >= 4 is 23.5 Å². The lowest BCUT2D eigenvalue weighted by atomic mass is 10.2. The van der Waals surface area contributed by atoms with Crippen LogP contribution in [-0.4, -0.2) is 30.7 Å². The summed E-state index contributed by atoms with van der Waals surface area (Å²) in [6, 6.07) is 6.36. The average Bonchev–Trinajstić information content (AvgIpc) is 2.88. The Morgan fingerprint density at radius 2 is 2.07 bits per heavy atom. The number of aromatic nitrogens is 4. The molecule has 3 rings (SSSR count). The summed E-state index contributed by atoms with van der Waals surface area (Å²) in [5, 5.41) is 15.3. The minimum absolute atomic E-state index is 0.141. The highest BCUT2D eigenvalue weighted by Gasteiger charge is 2.15. The molecular weight excluding hydrogens is 370 g/mol. The zero-order valence-electron chi connectivity index (χ0n) is 15.0. The molecule has 2 heterocycles. The van der Waals surface area contributed by atoms with E-state index >= 15 is 0 Å². The summed E-state index contributed by atoms with van der Waals surface area (Å²) in [4.78, 5) is 30.9. The number of H-pyrrole nitrogens is 1. The lowest BCUT2D eigenvalue weighted by Crippen LogP contribution is -2.31. The van der Waals surface area contributed by atoms with Crippen LogP contribution in [0.15, 0.2) is 38.8 Å². The van der Waals surface area contributed by atoms with E-state index in [4.69, 9.17) is 11.6 Å². The number of aromatic amines is 1. The Morgan fingerprint density at radius 3 is 2.70 bits per heavy atom. The number of aliphatic imine (C=N–C) groups is 1. The van der Waals surface area contributed by atoms with Crippen molar-refractivity contribution in [3.63, 3.8) is 0 Å². The first-order valence-electron chi connectivity index (χ1n) is 8.25. The van der Waals surface area contributed by atoms with E-state index in [0.717, 1.165) is 10.3 Å². The number of hydrogen-bond acceptors (Lipinski definition) is 5. The monoisotopic (exact) mass is 387 g/mol. The minimum Gasteiger partial charge on any atom is -0.493 e. The third-order valence-corrected chi connectivity index (χ3v) is 4.39. The van der Waals surface area contributed by atoms with Crippen LogP contribution in [-0.2, 0) is 6.54 Å². The van der Waals surface area contributed by atoms with Crippen LogP contribution < -0.4 is 11.2 Å². The number of aromatic hydroxyl groups is 1. The van der Waals surface area contributed by atoms with Crippen molar-refractivity contribution in [2.75, 3.05) is 0 Å². The lowest BCUT2D eigenvalue weighted by molar-refractivity contribution is 0.430. The van der Waals surface area contributed by atoms with E-state index in [9.17, 15) is 14.7 Å². The summed E-state index contributed by atoms with van der Waals surface area (Å²) < 4.78 is 2.75. The number of nitrogens with one attached hydrogen (secondary N) is 1. The van der Waals surface area contributed by atoms with E-state index in [0.29, 0.717) is 28.6 Å². The van der Waals surface area contributed by atoms with Gasteiger partial charge in [0, 0.05) is 17.8 Å². The molecule has 0 atom stereocenters. The van der Waals surface area contributed by atoms with Crippen LogP contribution in [0.5, 0.6) is 5.88 Å². The number of halogens is 1. The predicted octanol–water partition coefficient (Wildman–Crippen LogP) is 2.47. The molecule has 3 aromatic rings. The van der Waals surface area contributed by atoms with Crippen molar-refractivity contribution in [2.45, 2.75) is 27.3 Å². The Balaban J connectivity index is 2.15. The summed E-state index contributed by atoms with van der Waals surface area (Å²) in [6.07, 6.45) is 1.23. The molecule has 27 heavy (non-hydrogen) atoms. The van der Waals surface area contributed by atoms with Crippen LogP contribution in [0.2, 0.25) is 5.02 Å². The van der Waals surface area contributed by atoms with Crippen molar-refractivity contribution in [1.82, 2.24) is 19.3 Å². The second-order valence-corrected chi connectivity index (χ2v) is 6.34. The zero-order valence-corrected chi connectivity index (χ0v) is 15.8. The van der Waals surface area contributed by atoms with Gasteiger partial charge in [0.25, 0.3) is 5.56 Å². The fourth-order valence-electron chi connectivity index (χ4n) is 2.82. The average molecular weight is 388 g/mol. The highest BCUT2D eigenvalue weighted by Crippen LogP contribution is 2.24. The SMILES string of the molecule is CCn1nc(C)c(N=Cc2c(O)n(-c3cccc(Cl)c3)c(=O)[nH]c2=O)c1C. The van der Waals surface area contributed by atoms with E-state index in [1.165, 1.54) is 12.3 Å². The first kappa shape index (κ1) is 18.7. The van der Waals surface area contributed by atoms with Gasteiger partial charge in [-0.05, 0) is 39.0 Å². The smallest absolute Gasteiger partial charge is 0.335 e. The minimum atomic E-state index is -0.775. The molecule has 0 aliphatic heterocycles. The molecule has 140 valence electrons. The third-order valence-electron chi connectivity index (χ3n) is 4.15. The highest BCUT2D eigenvalue weighted by molar-refractivity contribution is 6.30. The molecule has 0 unspecified atom stereocenters. The molecule has 1 aromatic carbocycles. The van der Waals surface area contributed by atoms with Crippen molar-refractivity contribution in [1.29, 1.82) is 0 Å². The van der Waals surface area contributed by atoms with Crippen LogP contribution in [0.1, 0.15) is 23.9 Å². The molecule has 8 nitrogen and oxygen atoms in total. The van der Waals surface area contributed by atoms with Gasteiger partial charge < -0.3 is 5.11 Å². The van der Waals surface area contributed by atoms with Crippen LogP contribution in [0.3, 0.4) is 0 Å². The van der Waals surface area contributed by atoms with Crippen LogP contribution >= 0.6 is 11.6 Å². The molecule has 0 fully saturated rings. The standard InChI is InChI=1S/C18H18ClN5O3/c1-4-23-11(3)15(10(2)22-23)20-9-14-16(25)21-18(27)24(17(14)26)13-7-5-6-12(19)8-13/h5-9,26H,4H2,1-3H3,(H,21,25,27). The molecule has 0 spiro atoms. The van der Waals surface area contributed by atoms with Crippen LogP contribution in [0, 0.1) is 13.8 Å². The van der Waals surface area contributed by atoms with E-state index in [1.807, 2.05) is 20.8 Å². The molecule has 0 amide bonds. The van der Waals surface area contributed by atoms with E-state index < -0.39 is 17.1 Å². The highest BCUT2D eigenvalue weighted by atomic mass is 35.5. The Hall–Kier alpha value is -3.13. The van der Waals surface area contributed by atoms with Crippen molar-refractivity contribution < 1.29 is 5.11 Å². The summed E-state index contributed by atoms with van der Waals surface area (Å²) in [6.45, 7) is 6.33. The normalized spacial score (nSPS) is 11.4. The quantitative estimate of drug-likeness (QED) is 0.671. The maximum atomic E-state index is 12.2. The molecule has 0 bridgehead atoms. The van der Waals surface area contributed by atoms with Crippen molar-refractivity contribution in [3.05, 3.63) is 67.1 Å². The number of hydrogen-bond donors (Lipinski definition) is 2. The van der Waals surface area contributed by atoms with Crippen LogP contribution in [0.25, 0.3) is 5.69 Å². The van der Waals surface area contributed by atoms with Gasteiger partial charge in [0.15, 0.2) is 0 Å². The number of benzene rings is 1. The molecule has 9 heteroatoms. The number of rotatable bonds is 4. The van der Waals surface area contributed by atoms with E-state index in [-0.39, 0.29) is 5.56 Å². The van der Waals surface area contributed by atoms with Gasteiger partial charge in [-0.25, -0.2) is 9.36 Å². The fourth-order valence-corrected chi connectivity index (χ4v) is 3.01. The fraction of sp³-hybridized carbons (Fsp3) is 0.222. The second-order valence-electron chi connectivity index (χ2n) is 5.91. The topological polar surface area (TPSA) is 105 Å². The molecule has 0 saturated carbocycles. The third kappa shape index (κ3) is 3.43. The van der Waals surface area contributed by atoms with E-state index in [1.54, 1.807) is 22.9 Å². The molecule has 2 aromatic heterocycles. The number of nitrogens with zero attached hydrogens (tertiary/aromatic N) is 4. The summed E-state index contributed by atoms with van der Waals surface area (Å²) >= 11 is 5.96. The van der Waals surface area contributed by atoms with Gasteiger partial charge in [-0.15, -0.1) is 0 Å². The van der Waals surface area contributed by atoms with Gasteiger partial charge in [0.05, 0.1) is 17.1 Å². The predicted molar refractivity (Wildman–Crippen MR) is 104 cm³/mol. The Morgan fingerprint density at radius 1 is 1.33 bits per heavy atom. The Kier molecular flexibility index (Phi) is 5.00. The Labute approximate surface area is 159 Å². The second kappa shape index (κ2) is 7.24. The summed E-state index contributed by atoms with van der Waals surface area (Å²) in [5.41, 5.74) is 0.812. The van der Waals surface area contributed by atoms with Gasteiger partial charge in [-0.1, -0.05) is 17.7 Å². The van der Waals surface area contributed by atoms with Crippen molar-refractivity contribution in [3.8, 4) is 11.6 Å². The van der Waals surface area contributed by atoms with Crippen molar-refractivity contribution in [2.24, 2.45) is 4.99 Å². The molecule has 0 aliphatic carbocycles. The Bertz CT molecular complexity index is 1160. The van der Waals surface area contributed by atoms with E-state index in [2.05, 4.69) is 15.1 Å². The summed E-state index contributed by atoms with van der Waals surface area (Å²) in [7, 11) is 0. The summed E-state index contributed by atoms with van der Waals surface area (Å²) in [5.74, 6) is -0.520. The van der Waals surface area contributed by atoms with Crippen LogP contribution in [0.4, 0.5) is 5.69 Å². The largest absolute Gasteiger partial charge is 0.493 e. The lowest BCUT2D eigenvalue weighted by Gasteiger charge is -2.09. The maximum absolute atomic E-state index is 12.2. The maximum Gasteiger partial charge on any atom is 0.335 e. The molecule has 0 radical (unpaired) electrons. The van der Waals surface area contributed by atoms with Gasteiger partial charge in [0.1, 0.15) is 11.3 Å². The van der Waals surface area contributed by atoms with Gasteiger partial charge in [-0.3, -0.25) is 19.5 Å². The molecule has 2 N–H and O–H groups in total. The molecular formula is C18H18ClN5O3. The number of aryl methyl sites for hydroxylation is 2. The van der Waals surface area contributed by atoms with Gasteiger partial charge in [-0.2, -0.15) is 5.10 Å². The molecule has 0 saturated heterocycles. The first-order valence-corrected chi connectivity index (χ1v) is 8.63. The van der Waals surface area contributed by atoms with Gasteiger partial charge >= 0.3 is 5.69 Å². The van der Waals surface area contributed by atoms with Gasteiger partial charge in [0.2, 0.25) is 5.88 Å². The zero-order chi connectivity index (χ0) is 19.7.